The van der Waals surface area contributed by atoms with Gasteiger partial charge in [0.25, 0.3) is 0 Å². The maximum atomic E-state index is 3.55. The number of nitrogens with one attached hydrogen (secondary N) is 1. The largest absolute Gasteiger partial charge is 0.309 e. The van der Waals surface area contributed by atoms with Gasteiger partial charge in [-0.25, -0.2) is 0 Å². The Kier molecular flexibility index (Phi) is 5.36. The van der Waals surface area contributed by atoms with Gasteiger partial charge in [0.2, 0.25) is 0 Å². The minimum Gasteiger partial charge on any atom is -0.309 e. The fourth-order valence-electron chi connectivity index (χ4n) is 1.89. The summed E-state index contributed by atoms with van der Waals surface area (Å²) in [6.07, 6.45) is 0. The van der Waals surface area contributed by atoms with Crippen molar-refractivity contribution < 1.29 is 0 Å². The molecule has 0 heterocycles. The van der Waals surface area contributed by atoms with E-state index in [1.165, 1.54) is 11.1 Å². The summed E-state index contributed by atoms with van der Waals surface area (Å²) in [6, 6.07) is 9.40. The van der Waals surface area contributed by atoms with Crippen molar-refractivity contribution in [2.45, 2.75) is 39.2 Å². The van der Waals surface area contributed by atoms with Crippen LogP contribution in [0.25, 0.3) is 0 Å². The van der Waals surface area contributed by atoms with E-state index < -0.39 is 0 Å². The first-order valence-corrected chi connectivity index (χ1v) is 6.79. The summed E-state index contributed by atoms with van der Waals surface area (Å²) in [5.74, 6) is 0. The van der Waals surface area contributed by atoms with Gasteiger partial charge in [-0.2, -0.15) is 0 Å². The van der Waals surface area contributed by atoms with Gasteiger partial charge >= 0.3 is 0 Å². The van der Waals surface area contributed by atoms with Crippen molar-refractivity contribution in [3.63, 3.8) is 0 Å². The number of likely N-dealkylation sites (N-methyl/N-ethyl adjacent to an activating group) is 1. The molecule has 0 saturated heterocycles. The zero-order valence-corrected chi connectivity index (χ0v) is 12.7. The Morgan fingerprint density at radius 3 is 2.11 bits per heavy atom. The van der Waals surface area contributed by atoms with Crippen molar-refractivity contribution in [2.75, 3.05) is 27.2 Å². The van der Waals surface area contributed by atoms with E-state index >= 15 is 0 Å². The first-order valence-electron chi connectivity index (χ1n) is 6.79. The van der Waals surface area contributed by atoms with Crippen LogP contribution in [0, 0.1) is 0 Å². The molecule has 0 spiro atoms. The fraction of sp³-hybridized carbons (Fsp3) is 0.625. The van der Waals surface area contributed by atoms with Crippen molar-refractivity contribution in [1.29, 1.82) is 0 Å². The average molecular weight is 248 g/mol. The molecule has 102 valence electrons. The molecule has 1 atom stereocenters. The van der Waals surface area contributed by atoms with Crippen LogP contribution < -0.4 is 5.32 Å². The summed E-state index contributed by atoms with van der Waals surface area (Å²) in [5, 5.41) is 3.55. The Morgan fingerprint density at radius 2 is 1.67 bits per heavy atom. The quantitative estimate of drug-likeness (QED) is 0.861. The molecule has 1 N–H and O–H groups in total. The lowest BCUT2D eigenvalue weighted by Gasteiger charge is -2.21. The normalized spacial score (nSPS) is 13.9. The second kappa shape index (κ2) is 6.35. The smallest absolute Gasteiger partial charge is 0.0292 e. The monoisotopic (exact) mass is 248 g/mol. The molecular weight excluding hydrogens is 220 g/mol. The zero-order chi connectivity index (χ0) is 13.8. The zero-order valence-electron chi connectivity index (χ0n) is 12.7. The van der Waals surface area contributed by atoms with Gasteiger partial charge in [-0.15, -0.1) is 0 Å². The molecule has 1 rings (SSSR count). The van der Waals surface area contributed by atoms with Gasteiger partial charge in [-0.3, -0.25) is 0 Å². The predicted molar refractivity (Wildman–Crippen MR) is 80.1 cm³/mol. The summed E-state index contributed by atoms with van der Waals surface area (Å²) in [5.41, 5.74) is 2.99. The molecule has 0 aliphatic rings. The van der Waals surface area contributed by atoms with Crippen molar-refractivity contribution in [3.05, 3.63) is 35.4 Å². The SMILES string of the molecule is C[C@H](NCCN(C)C)c1ccc(C(C)(C)C)cc1. The Hall–Kier alpha value is -0.860. The maximum Gasteiger partial charge on any atom is 0.0292 e. The van der Waals surface area contributed by atoms with Crippen LogP contribution in [0.1, 0.15) is 44.9 Å². The van der Waals surface area contributed by atoms with Crippen LogP contribution in [0.2, 0.25) is 0 Å². The standard InChI is InChI=1S/C16H28N2/c1-13(17-11-12-18(5)6)14-7-9-15(10-8-14)16(2,3)4/h7-10,13,17H,11-12H2,1-6H3/t13-/m0/s1. The number of benzene rings is 1. The highest BCUT2D eigenvalue weighted by atomic mass is 15.1. The lowest BCUT2D eigenvalue weighted by atomic mass is 9.86. The number of hydrogen-bond donors (Lipinski definition) is 1. The molecule has 0 aliphatic carbocycles. The average Bonchev–Trinajstić information content (AvgIpc) is 2.27. The highest BCUT2D eigenvalue weighted by Gasteiger charge is 2.13. The van der Waals surface area contributed by atoms with Gasteiger partial charge in [0.05, 0.1) is 0 Å². The van der Waals surface area contributed by atoms with Crippen LogP contribution in [-0.2, 0) is 5.41 Å². The van der Waals surface area contributed by atoms with Crippen LogP contribution in [0.4, 0.5) is 0 Å². The second-order valence-corrected chi connectivity index (χ2v) is 6.35. The molecule has 18 heavy (non-hydrogen) atoms. The molecule has 0 amide bonds. The third kappa shape index (κ3) is 4.79. The van der Waals surface area contributed by atoms with Gasteiger partial charge in [0.15, 0.2) is 0 Å². The molecule has 0 unspecified atom stereocenters. The van der Waals surface area contributed by atoms with E-state index in [9.17, 15) is 0 Å². The van der Waals surface area contributed by atoms with Crippen LogP contribution in [0.3, 0.4) is 0 Å². The Labute approximate surface area is 112 Å². The van der Waals surface area contributed by atoms with Crippen molar-refractivity contribution in [1.82, 2.24) is 10.2 Å². The minimum absolute atomic E-state index is 0.236. The van der Waals surface area contributed by atoms with Crippen LogP contribution in [0.5, 0.6) is 0 Å². The topological polar surface area (TPSA) is 15.3 Å². The molecule has 1 aromatic rings. The van der Waals surface area contributed by atoms with Gasteiger partial charge in [0.1, 0.15) is 0 Å². The highest BCUT2D eigenvalue weighted by molar-refractivity contribution is 5.28. The highest BCUT2D eigenvalue weighted by Crippen LogP contribution is 2.23. The molecular formula is C16H28N2. The summed E-state index contributed by atoms with van der Waals surface area (Å²) in [4.78, 5) is 2.20. The molecule has 2 heteroatoms. The predicted octanol–water partition coefficient (Wildman–Crippen LogP) is 3.20. The molecule has 0 fully saturated rings. The molecule has 2 nitrogen and oxygen atoms in total. The molecule has 1 aromatic carbocycles. The van der Waals surface area contributed by atoms with Crippen molar-refractivity contribution >= 4 is 0 Å². The van der Waals surface area contributed by atoms with Gasteiger partial charge < -0.3 is 10.2 Å². The lowest BCUT2D eigenvalue weighted by Crippen LogP contribution is -2.28. The summed E-state index contributed by atoms with van der Waals surface area (Å²) in [7, 11) is 4.20. The molecule has 0 aliphatic heterocycles. The summed E-state index contributed by atoms with van der Waals surface area (Å²) < 4.78 is 0. The summed E-state index contributed by atoms with van der Waals surface area (Å²) in [6.45, 7) is 11.1. The number of nitrogens with zero attached hydrogens (tertiary/aromatic N) is 1. The Balaban J connectivity index is 2.56. The van der Waals surface area contributed by atoms with Crippen LogP contribution >= 0.6 is 0 Å². The van der Waals surface area contributed by atoms with Crippen molar-refractivity contribution in [3.8, 4) is 0 Å². The van der Waals surface area contributed by atoms with E-state index in [0.29, 0.717) is 6.04 Å². The Bertz CT molecular complexity index is 346. The molecule has 0 saturated carbocycles. The second-order valence-electron chi connectivity index (χ2n) is 6.35. The van der Waals surface area contributed by atoms with Gasteiger partial charge in [0, 0.05) is 19.1 Å². The van der Waals surface area contributed by atoms with E-state index in [-0.39, 0.29) is 5.41 Å². The summed E-state index contributed by atoms with van der Waals surface area (Å²) >= 11 is 0. The Morgan fingerprint density at radius 1 is 1.11 bits per heavy atom. The number of hydrogen-bond acceptors (Lipinski definition) is 2. The molecule has 0 radical (unpaired) electrons. The molecule has 0 aromatic heterocycles. The first kappa shape index (κ1) is 15.2. The first-order chi connectivity index (χ1) is 8.30. The van der Waals surface area contributed by atoms with E-state index in [1.807, 2.05) is 0 Å². The third-order valence-electron chi connectivity index (χ3n) is 3.29. The van der Waals surface area contributed by atoms with Gasteiger partial charge in [-0.05, 0) is 37.6 Å². The van der Waals surface area contributed by atoms with E-state index in [1.54, 1.807) is 0 Å². The van der Waals surface area contributed by atoms with E-state index in [0.717, 1.165) is 13.1 Å². The minimum atomic E-state index is 0.236. The maximum absolute atomic E-state index is 3.55. The fourth-order valence-corrected chi connectivity index (χ4v) is 1.89. The van der Waals surface area contributed by atoms with Crippen LogP contribution in [0.15, 0.2) is 24.3 Å². The number of rotatable bonds is 5. The van der Waals surface area contributed by atoms with Gasteiger partial charge in [-0.1, -0.05) is 45.0 Å². The third-order valence-corrected chi connectivity index (χ3v) is 3.29. The lowest BCUT2D eigenvalue weighted by molar-refractivity contribution is 0.389. The van der Waals surface area contributed by atoms with E-state index in [4.69, 9.17) is 0 Å². The van der Waals surface area contributed by atoms with Crippen molar-refractivity contribution in [2.24, 2.45) is 0 Å². The van der Waals surface area contributed by atoms with Crippen LogP contribution in [-0.4, -0.2) is 32.1 Å². The van der Waals surface area contributed by atoms with E-state index in [2.05, 4.69) is 76.3 Å². The molecule has 0 bridgehead atoms.